The number of aryl methyl sites for hydroxylation is 1. The lowest BCUT2D eigenvalue weighted by molar-refractivity contribution is 0.0986. The third-order valence-electron chi connectivity index (χ3n) is 3.54. The van der Waals surface area contributed by atoms with Crippen molar-refractivity contribution in [1.29, 1.82) is 0 Å². The van der Waals surface area contributed by atoms with Gasteiger partial charge in [0.1, 0.15) is 5.75 Å². The van der Waals surface area contributed by atoms with Crippen LogP contribution in [0.2, 0.25) is 0 Å². The van der Waals surface area contributed by atoms with Gasteiger partial charge in [0.05, 0.1) is 17.9 Å². The lowest BCUT2D eigenvalue weighted by Gasteiger charge is -2.22. The normalized spacial score (nSPS) is 14.1. The van der Waals surface area contributed by atoms with Crippen LogP contribution < -0.4 is 9.64 Å². The van der Waals surface area contributed by atoms with E-state index in [4.69, 9.17) is 4.74 Å². The molecule has 0 saturated heterocycles. The summed E-state index contributed by atoms with van der Waals surface area (Å²) in [7, 11) is 0. The molecule has 0 fully saturated rings. The highest BCUT2D eigenvalue weighted by atomic mass is 79.9. The minimum Gasteiger partial charge on any atom is -0.491 e. The van der Waals surface area contributed by atoms with Crippen LogP contribution in [0.3, 0.4) is 0 Å². The van der Waals surface area contributed by atoms with Crippen LogP contribution >= 0.6 is 15.9 Å². The van der Waals surface area contributed by atoms with Gasteiger partial charge >= 0.3 is 0 Å². The molecule has 1 amide bonds. The van der Waals surface area contributed by atoms with Gasteiger partial charge in [-0.25, -0.2) is 0 Å². The third kappa shape index (κ3) is 2.81. The SMILES string of the molecule is Cc1ccc(C(=O)N2CCCOc3ccccc32)c(Br)c1. The molecule has 3 rings (SSSR count). The van der Waals surface area contributed by atoms with Gasteiger partial charge < -0.3 is 9.64 Å². The second kappa shape index (κ2) is 5.90. The molecule has 0 aromatic heterocycles. The number of hydrogen-bond acceptors (Lipinski definition) is 2. The molecule has 0 saturated carbocycles. The van der Waals surface area contributed by atoms with Gasteiger partial charge in [-0.2, -0.15) is 0 Å². The highest BCUT2D eigenvalue weighted by Gasteiger charge is 2.24. The predicted octanol–water partition coefficient (Wildman–Crippen LogP) is 4.19. The highest BCUT2D eigenvalue weighted by molar-refractivity contribution is 9.10. The van der Waals surface area contributed by atoms with Crippen LogP contribution in [0.1, 0.15) is 22.3 Å². The summed E-state index contributed by atoms with van der Waals surface area (Å²) < 4.78 is 6.54. The van der Waals surface area contributed by atoms with Gasteiger partial charge in [-0.3, -0.25) is 4.79 Å². The number of rotatable bonds is 1. The maximum absolute atomic E-state index is 12.9. The summed E-state index contributed by atoms with van der Waals surface area (Å²) in [5.41, 5.74) is 2.64. The molecule has 1 aliphatic heterocycles. The Hall–Kier alpha value is -1.81. The van der Waals surface area contributed by atoms with Gasteiger partial charge in [0, 0.05) is 11.0 Å². The first-order valence-corrected chi connectivity index (χ1v) is 7.76. The van der Waals surface area contributed by atoms with E-state index < -0.39 is 0 Å². The molecule has 108 valence electrons. The monoisotopic (exact) mass is 345 g/mol. The maximum Gasteiger partial charge on any atom is 0.259 e. The van der Waals surface area contributed by atoms with E-state index in [2.05, 4.69) is 15.9 Å². The molecule has 4 heteroatoms. The lowest BCUT2D eigenvalue weighted by atomic mass is 10.1. The smallest absolute Gasteiger partial charge is 0.259 e. The summed E-state index contributed by atoms with van der Waals surface area (Å²) in [6.07, 6.45) is 0.823. The van der Waals surface area contributed by atoms with Crippen LogP contribution in [0.5, 0.6) is 5.75 Å². The zero-order valence-corrected chi connectivity index (χ0v) is 13.4. The molecule has 3 nitrogen and oxygen atoms in total. The number of hydrogen-bond donors (Lipinski definition) is 0. The Morgan fingerprint density at radius 1 is 1.24 bits per heavy atom. The zero-order chi connectivity index (χ0) is 14.8. The van der Waals surface area contributed by atoms with Gasteiger partial charge in [0.15, 0.2) is 0 Å². The topological polar surface area (TPSA) is 29.5 Å². The molecule has 0 unspecified atom stereocenters. The van der Waals surface area contributed by atoms with Gasteiger partial charge in [-0.05, 0) is 59.1 Å². The molecule has 2 aromatic rings. The van der Waals surface area contributed by atoms with Crippen molar-refractivity contribution < 1.29 is 9.53 Å². The van der Waals surface area contributed by atoms with E-state index in [0.29, 0.717) is 18.7 Å². The summed E-state index contributed by atoms with van der Waals surface area (Å²) >= 11 is 3.50. The molecular formula is C17H16BrNO2. The lowest BCUT2D eigenvalue weighted by Crippen LogP contribution is -2.31. The van der Waals surface area contributed by atoms with Crippen molar-refractivity contribution in [1.82, 2.24) is 0 Å². The van der Waals surface area contributed by atoms with E-state index >= 15 is 0 Å². The molecule has 0 N–H and O–H groups in total. The standard InChI is InChI=1S/C17H16BrNO2/c1-12-7-8-13(14(18)11-12)17(20)19-9-4-10-21-16-6-3-2-5-15(16)19/h2-3,5-8,11H,4,9-10H2,1H3. The van der Waals surface area contributed by atoms with E-state index in [1.165, 1.54) is 0 Å². The van der Waals surface area contributed by atoms with Crippen LogP contribution in [0.25, 0.3) is 0 Å². The molecule has 0 aliphatic carbocycles. The highest BCUT2D eigenvalue weighted by Crippen LogP contribution is 2.32. The zero-order valence-electron chi connectivity index (χ0n) is 11.8. The molecule has 2 aromatic carbocycles. The van der Waals surface area contributed by atoms with Crippen molar-refractivity contribution in [2.24, 2.45) is 0 Å². The average Bonchev–Trinajstić information content (AvgIpc) is 2.69. The van der Waals surface area contributed by atoms with Crippen molar-refractivity contribution in [3.8, 4) is 5.75 Å². The Morgan fingerprint density at radius 2 is 2.05 bits per heavy atom. The molecular weight excluding hydrogens is 330 g/mol. The fourth-order valence-corrected chi connectivity index (χ4v) is 3.14. The number of benzene rings is 2. The van der Waals surface area contributed by atoms with Crippen molar-refractivity contribution in [2.45, 2.75) is 13.3 Å². The van der Waals surface area contributed by atoms with Gasteiger partial charge in [0.2, 0.25) is 0 Å². The van der Waals surface area contributed by atoms with Crippen LogP contribution in [0.4, 0.5) is 5.69 Å². The first-order chi connectivity index (χ1) is 10.2. The summed E-state index contributed by atoms with van der Waals surface area (Å²) in [4.78, 5) is 14.7. The van der Waals surface area contributed by atoms with Crippen LogP contribution in [-0.4, -0.2) is 19.1 Å². The minimum atomic E-state index is -0.000162. The molecule has 1 aliphatic rings. The fourth-order valence-electron chi connectivity index (χ4n) is 2.48. The van der Waals surface area contributed by atoms with Crippen LogP contribution in [-0.2, 0) is 0 Å². The van der Waals surface area contributed by atoms with E-state index in [-0.39, 0.29) is 5.91 Å². The van der Waals surface area contributed by atoms with Crippen LogP contribution in [0, 0.1) is 6.92 Å². The Balaban J connectivity index is 2.01. The number of anilines is 1. The summed E-state index contributed by atoms with van der Waals surface area (Å²) in [5.74, 6) is 0.770. The van der Waals surface area contributed by atoms with E-state index in [9.17, 15) is 4.79 Å². The first kappa shape index (κ1) is 14.1. The Kier molecular flexibility index (Phi) is 3.97. The quantitative estimate of drug-likeness (QED) is 0.775. The first-order valence-electron chi connectivity index (χ1n) is 6.96. The van der Waals surface area contributed by atoms with Crippen molar-refractivity contribution >= 4 is 27.5 Å². The molecule has 0 atom stereocenters. The van der Waals surface area contributed by atoms with Gasteiger partial charge in [-0.1, -0.05) is 18.2 Å². The number of nitrogens with zero attached hydrogens (tertiary/aromatic N) is 1. The third-order valence-corrected chi connectivity index (χ3v) is 4.20. The number of para-hydroxylation sites is 2. The second-order valence-electron chi connectivity index (χ2n) is 5.11. The van der Waals surface area contributed by atoms with Gasteiger partial charge in [0.25, 0.3) is 5.91 Å². The molecule has 0 bridgehead atoms. The summed E-state index contributed by atoms with van der Waals surface area (Å²) in [5, 5.41) is 0. The molecule has 21 heavy (non-hydrogen) atoms. The number of carbonyl (C=O) groups excluding carboxylic acids is 1. The number of fused-ring (bicyclic) bond motifs is 1. The minimum absolute atomic E-state index is 0.000162. The summed E-state index contributed by atoms with van der Waals surface area (Å²) in [6.45, 7) is 3.31. The summed E-state index contributed by atoms with van der Waals surface area (Å²) in [6, 6.07) is 13.5. The Bertz CT molecular complexity index is 684. The Labute approximate surface area is 132 Å². The van der Waals surface area contributed by atoms with E-state index in [1.54, 1.807) is 4.90 Å². The number of halogens is 1. The van der Waals surface area contributed by atoms with E-state index in [1.807, 2.05) is 49.4 Å². The fraction of sp³-hybridized carbons (Fsp3) is 0.235. The second-order valence-corrected chi connectivity index (χ2v) is 5.96. The molecule has 0 spiro atoms. The number of carbonyl (C=O) groups is 1. The van der Waals surface area contributed by atoms with Crippen molar-refractivity contribution in [3.63, 3.8) is 0 Å². The number of ether oxygens (including phenoxy) is 1. The predicted molar refractivity (Wildman–Crippen MR) is 87.1 cm³/mol. The maximum atomic E-state index is 12.9. The van der Waals surface area contributed by atoms with Gasteiger partial charge in [-0.15, -0.1) is 0 Å². The Morgan fingerprint density at radius 3 is 2.86 bits per heavy atom. The van der Waals surface area contributed by atoms with E-state index in [0.717, 1.165) is 27.9 Å². The van der Waals surface area contributed by atoms with Crippen molar-refractivity contribution in [2.75, 3.05) is 18.1 Å². The van der Waals surface area contributed by atoms with Crippen LogP contribution in [0.15, 0.2) is 46.9 Å². The molecule has 1 heterocycles. The van der Waals surface area contributed by atoms with Crippen molar-refractivity contribution in [3.05, 3.63) is 58.1 Å². The average molecular weight is 346 g/mol. The largest absolute Gasteiger partial charge is 0.491 e. The number of amides is 1. The molecule has 0 radical (unpaired) electrons.